The Balaban J connectivity index is 1.69. The zero-order valence-corrected chi connectivity index (χ0v) is 12.1. The monoisotopic (exact) mass is 307 g/mol. The van der Waals surface area contributed by atoms with Gasteiger partial charge in [-0.3, -0.25) is 9.52 Å². The predicted octanol–water partition coefficient (Wildman–Crippen LogP) is 1.45. The van der Waals surface area contributed by atoms with E-state index in [1.54, 1.807) is 24.3 Å². The maximum atomic E-state index is 12.3. The third-order valence-corrected chi connectivity index (χ3v) is 4.53. The zero-order chi connectivity index (χ0) is 15.0. The van der Waals surface area contributed by atoms with Crippen LogP contribution in [0.5, 0.6) is 0 Å². The lowest BCUT2D eigenvalue weighted by molar-refractivity contribution is -0.120. The summed E-state index contributed by atoms with van der Waals surface area (Å²) in [6, 6.07) is 6.49. The van der Waals surface area contributed by atoms with E-state index in [0.717, 1.165) is 12.8 Å². The first-order valence-electron chi connectivity index (χ1n) is 6.80. The second kappa shape index (κ2) is 5.16. The van der Waals surface area contributed by atoms with E-state index in [-0.39, 0.29) is 11.8 Å². The van der Waals surface area contributed by atoms with Gasteiger partial charge in [0.15, 0.2) is 0 Å². The zero-order valence-electron chi connectivity index (χ0n) is 11.3. The molecule has 7 heteroatoms. The first-order valence-corrected chi connectivity index (χ1v) is 8.35. The molecule has 1 fully saturated rings. The highest BCUT2D eigenvalue weighted by atomic mass is 32.2. The van der Waals surface area contributed by atoms with Crippen LogP contribution in [0.15, 0.2) is 36.4 Å². The summed E-state index contributed by atoms with van der Waals surface area (Å²) in [6.45, 7) is 0. The Morgan fingerprint density at radius 2 is 1.95 bits per heavy atom. The van der Waals surface area contributed by atoms with Crippen molar-refractivity contribution < 1.29 is 13.2 Å². The van der Waals surface area contributed by atoms with Crippen LogP contribution in [0.25, 0.3) is 0 Å². The molecule has 1 amide bonds. The van der Waals surface area contributed by atoms with Gasteiger partial charge in [-0.25, -0.2) is 5.14 Å². The highest BCUT2D eigenvalue weighted by Crippen LogP contribution is 2.43. The Morgan fingerprint density at radius 3 is 2.57 bits per heavy atom. The molecule has 21 heavy (non-hydrogen) atoms. The molecule has 2 bridgehead atoms. The van der Waals surface area contributed by atoms with Gasteiger partial charge < -0.3 is 5.32 Å². The van der Waals surface area contributed by atoms with Gasteiger partial charge in [0.2, 0.25) is 5.91 Å². The van der Waals surface area contributed by atoms with Crippen molar-refractivity contribution in [2.45, 2.75) is 12.8 Å². The normalized spacial score (nSPS) is 26.8. The van der Waals surface area contributed by atoms with Crippen LogP contribution in [-0.2, 0) is 15.0 Å². The number of benzene rings is 1. The summed E-state index contributed by atoms with van der Waals surface area (Å²) in [6.07, 6.45) is 6.26. The number of anilines is 2. The van der Waals surface area contributed by atoms with Gasteiger partial charge in [0.25, 0.3) is 10.2 Å². The van der Waals surface area contributed by atoms with Crippen molar-refractivity contribution in [2.24, 2.45) is 22.9 Å². The van der Waals surface area contributed by atoms with Gasteiger partial charge >= 0.3 is 0 Å². The standard InChI is InChI=1S/C14H17N3O3S/c15-21(19,20)17-12-3-1-2-11(8-12)16-14(18)13-7-9-4-5-10(13)6-9/h1-5,8-10,13,17H,6-7H2,(H,16,18)(H2,15,19,20). The van der Waals surface area contributed by atoms with E-state index >= 15 is 0 Å². The van der Waals surface area contributed by atoms with Crippen molar-refractivity contribution in [2.75, 3.05) is 10.0 Å². The Kier molecular flexibility index (Phi) is 3.46. The highest BCUT2D eigenvalue weighted by Gasteiger charge is 2.39. The first-order chi connectivity index (χ1) is 9.90. The lowest BCUT2D eigenvalue weighted by atomic mass is 9.93. The van der Waals surface area contributed by atoms with E-state index in [0.29, 0.717) is 23.2 Å². The van der Waals surface area contributed by atoms with E-state index in [9.17, 15) is 13.2 Å². The van der Waals surface area contributed by atoms with Gasteiger partial charge in [0, 0.05) is 11.6 Å². The van der Waals surface area contributed by atoms with Gasteiger partial charge in [0.05, 0.1) is 5.69 Å². The molecule has 0 spiro atoms. The molecule has 3 unspecified atom stereocenters. The van der Waals surface area contributed by atoms with Crippen LogP contribution in [0.3, 0.4) is 0 Å². The average Bonchev–Trinajstić information content (AvgIpc) is 2.99. The van der Waals surface area contributed by atoms with Crippen LogP contribution in [0.4, 0.5) is 11.4 Å². The van der Waals surface area contributed by atoms with Crippen LogP contribution in [-0.4, -0.2) is 14.3 Å². The van der Waals surface area contributed by atoms with Crippen molar-refractivity contribution in [3.05, 3.63) is 36.4 Å². The molecule has 1 saturated carbocycles. The fourth-order valence-corrected chi connectivity index (χ4v) is 3.60. The minimum atomic E-state index is -3.82. The van der Waals surface area contributed by atoms with E-state index in [4.69, 9.17) is 5.14 Å². The summed E-state index contributed by atoms with van der Waals surface area (Å²) >= 11 is 0. The first kappa shape index (κ1) is 14.1. The Morgan fingerprint density at radius 1 is 1.19 bits per heavy atom. The molecular formula is C14H17N3O3S. The van der Waals surface area contributed by atoms with Gasteiger partial charge in [-0.2, -0.15) is 8.42 Å². The molecule has 6 nitrogen and oxygen atoms in total. The molecule has 3 rings (SSSR count). The summed E-state index contributed by atoms with van der Waals surface area (Å²) in [5.41, 5.74) is 0.878. The van der Waals surface area contributed by atoms with E-state index in [1.807, 2.05) is 0 Å². The molecule has 2 aliphatic rings. The van der Waals surface area contributed by atoms with Gasteiger partial charge in [0.1, 0.15) is 0 Å². The second-order valence-corrected chi connectivity index (χ2v) is 6.90. The lowest BCUT2D eigenvalue weighted by Gasteiger charge is -2.17. The average molecular weight is 307 g/mol. The number of fused-ring (bicyclic) bond motifs is 2. The molecule has 0 radical (unpaired) electrons. The number of allylic oxidation sites excluding steroid dienone is 2. The van der Waals surface area contributed by atoms with Crippen molar-refractivity contribution in [1.29, 1.82) is 0 Å². The van der Waals surface area contributed by atoms with E-state index in [1.165, 1.54) is 0 Å². The third kappa shape index (κ3) is 3.25. The van der Waals surface area contributed by atoms with Gasteiger partial charge in [-0.05, 0) is 42.9 Å². The number of carbonyl (C=O) groups is 1. The molecule has 2 aliphatic carbocycles. The van der Waals surface area contributed by atoms with Crippen LogP contribution in [0.2, 0.25) is 0 Å². The fraction of sp³-hybridized carbons (Fsp3) is 0.357. The minimum absolute atomic E-state index is 0.00913. The number of carbonyl (C=O) groups excluding carboxylic acids is 1. The molecular weight excluding hydrogens is 290 g/mol. The highest BCUT2D eigenvalue weighted by molar-refractivity contribution is 7.90. The number of nitrogens with one attached hydrogen (secondary N) is 2. The van der Waals surface area contributed by atoms with Crippen molar-refractivity contribution in [3.8, 4) is 0 Å². The Bertz CT molecular complexity index is 699. The lowest BCUT2D eigenvalue weighted by Crippen LogP contribution is -2.26. The molecule has 112 valence electrons. The molecule has 0 heterocycles. The summed E-state index contributed by atoms with van der Waals surface area (Å²) < 4.78 is 24.2. The Labute approximate surface area is 123 Å². The minimum Gasteiger partial charge on any atom is -0.326 e. The van der Waals surface area contributed by atoms with E-state index in [2.05, 4.69) is 22.2 Å². The predicted molar refractivity (Wildman–Crippen MR) is 80.6 cm³/mol. The number of hydrogen-bond donors (Lipinski definition) is 3. The van der Waals surface area contributed by atoms with Crippen LogP contribution < -0.4 is 15.2 Å². The summed E-state index contributed by atoms with van der Waals surface area (Å²) in [5, 5.41) is 7.77. The molecule has 4 N–H and O–H groups in total. The number of hydrogen-bond acceptors (Lipinski definition) is 3. The number of nitrogens with two attached hydrogens (primary N) is 1. The molecule has 0 aromatic heterocycles. The molecule has 3 atom stereocenters. The topological polar surface area (TPSA) is 101 Å². The number of amides is 1. The number of rotatable bonds is 4. The summed E-state index contributed by atoms with van der Waals surface area (Å²) in [4.78, 5) is 12.3. The molecule has 1 aromatic rings. The van der Waals surface area contributed by atoms with Crippen molar-refractivity contribution in [3.63, 3.8) is 0 Å². The summed E-state index contributed by atoms with van der Waals surface area (Å²) in [7, 11) is -3.82. The third-order valence-electron chi connectivity index (χ3n) is 4.01. The Hall–Kier alpha value is -1.86. The molecule has 0 aliphatic heterocycles. The molecule has 1 aromatic carbocycles. The van der Waals surface area contributed by atoms with Crippen molar-refractivity contribution in [1.82, 2.24) is 0 Å². The molecule has 0 saturated heterocycles. The van der Waals surface area contributed by atoms with Gasteiger partial charge in [-0.1, -0.05) is 18.2 Å². The fourth-order valence-electron chi connectivity index (χ4n) is 3.14. The quantitative estimate of drug-likeness (QED) is 0.734. The summed E-state index contributed by atoms with van der Waals surface area (Å²) in [5.74, 6) is 0.858. The maximum Gasteiger partial charge on any atom is 0.296 e. The van der Waals surface area contributed by atoms with Crippen LogP contribution in [0, 0.1) is 17.8 Å². The largest absolute Gasteiger partial charge is 0.326 e. The second-order valence-electron chi connectivity index (χ2n) is 5.60. The van der Waals surface area contributed by atoms with Crippen molar-refractivity contribution >= 4 is 27.5 Å². The maximum absolute atomic E-state index is 12.3. The van der Waals surface area contributed by atoms with Crippen LogP contribution in [0.1, 0.15) is 12.8 Å². The van der Waals surface area contributed by atoms with E-state index < -0.39 is 10.2 Å². The SMILES string of the molecule is NS(=O)(=O)Nc1cccc(NC(=O)C2CC3C=CC2C3)c1. The van der Waals surface area contributed by atoms with Crippen LogP contribution >= 0.6 is 0 Å². The smallest absolute Gasteiger partial charge is 0.296 e. The van der Waals surface area contributed by atoms with Gasteiger partial charge in [-0.15, -0.1) is 0 Å².